The maximum absolute atomic E-state index is 11.1. The van der Waals surface area contributed by atoms with Gasteiger partial charge in [0.1, 0.15) is 0 Å². The molecule has 0 spiro atoms. The zero-order valence-electron chi connectivity index (χ0n) is 6.05. The third-order valence-electron chi connectivity index (χ3n) is 1.63. The Hall–Kier alpha value is -1.09. The van der Waals surface area contributed by atoms with Gasteiger partial charge in [-0.2, -0.15) is 0 Å². The fourth-order valence-corrected chi connectivity index (χ4v) is 1.78. The number of aromatic nitrogens is 1. The van der Waals surface area contributed by atoms with Crippen molar-refractivity contribution in [1.82, 2.24) is 4.37 Å². The smallest absolute Gasteiger partial charge is 0.265 e. The molecule has 0 saturated heterocycles. The average Bonchev–Trinajstić information content (AvgIpc) is 2.33. The lowest BCUT2D eigenvalue weighted by molar-refractivity contribution is 1.44. The molecule has 0 unspecified atom stereocenters. The van der Waals surface area contributed by atoms with Gasteiger partial charge in [0.2, 0.25) is 0 Å². The molecule has 2 rings (SSSR count). The molecule has 11 heavy (non-hydrogen) atoms. The number of aromatic amines is 1. The molecule has 1 aromatic heterocycles. The third kappa shape index (κ3) is 0.973. The summed E-state index contributed by atoms with van der Waals surface area (Å²) in [6.07, 6.45) is 0. The van der Waals surface area contributed by atoms with E-state index in [4.69, 9.17) is 0 Å². The Morgan fingerprint density at radius 1 is 1.45 bits per heavy atom. The fourth-order valence-electron chi connectivity index (χ4n) is 1.07. The minimum Gasteiger partial charge on any atom is -0.277 e. The van der Waals surface area contributed by atoms with Crippen LogP contribution in [0, 0.1) is 6.92 Å². The van der Waals surface area contributed by atoms with Crippen LogP contribution in [0.2, 0.25) is 0 Å². The highest BCUT2D eigenvalue weighted by molar-refractivity contribution is 7.13. The van der Waals surface area contributed by atoms with Gasteiger partial charge >= 0.3 is 0 Å². The van der Waals surface area contributed by atoms with Crippen molar-refractivity contribution in [2.45, 2.75) is 6.92 Å². The summed E-state index contributed by atoms with van der Waals surface area (Å²) >= 11 is 1.39. The Morgan fingerprint density at radius 3 is 3.09 bits per heavy atom. The fraction of sp³-hybridized carbons (Fsp3) is 0.125. The second-order valence-corrected chi connectivity index (χ2v) is 3.38. The van der Waals surface area contributed by atoms with E-state index in [1.165, 1.54) is 11.5 Å². The number of benzene rings is 1. The molecule has 2 nitrogen and oxygen atoms in total. The molecule has 0 aliphatic heterocycles. The quantitative estimate of drug-likeness (QED) is 0.635. The van der Waals surface area contributed by atoms with Crippen molar-refractivity contribution in [1.29, 1.82) is 0 Å². The number of fused-ring (bicyclic) bond motifs is 1. The van der Waals surface area contributed by atoms with Gasteiger partial charge in [-0.25, -0.2) is 0 Å². The molecule has 0 saturated carbocycles. The summed E-state index contributed by atoms with van der Waals surface area (Å²) in [5.41, 5.74) is 1.15. The standard InChI is InChI=1S/C8H7NOS/c1-5-2-3-7-6(4-5)8(10)9-11-7/h2-4H,1H3,(H,9,10). The molecule has 0 bridgehead atoms. The van der Waals surface area contributed by atoms with Gasteiger partial charge in [-0.1, -0.05) is 23.2 Å². The van der Waals surface area contributed by atoms with Crippen LogP contribution in [0.25, 0.3) is 10.1 Å². The molecule has 3 heteroatoms. The average molecular weight is 165 g/mol. The summed E-state index contributed by atoms with van der Waals surface area (Å²) in [6.45, 7) is 1.98. The Bertz CT molecular complexity index is 441. The molecule has 0 aliphatic rings. The zero-order valence-corrected chi connectivity index (χ0v) is 6.87. The van der Waals surface area contributed by atoms with E-state index >= 15 is 0 Å². The molecule has 1 aromatic carbocycles. The van der Waals surface area contributed by atoms with Crippen LogP contribution in [0.5, 0.6) is 0 Å². The first kappa shape index (κ1) is 6.61. The molecule has 0 amide bonds. The molecule has 2 aromatic rings. The van der Waals surface area contributed by atoms with Crippen molar-refractivity contribution in [3.05, 3.63) is 34.1 Å². The van der Waals surface area contributed by atoms with Crippen LogP contribution in [0.15, 0.2) is 23.0 Å². The van der Waals surface area contributed by atoms with Gasteiger partial charge in [0.05, 0.1) is 10.1 Å². The highest BCUT2D eigenvalue weighted by Crippen LogP contribution is 2.14. The lowest BCUT2D eigenvalue weighted by Gasteiger charge is -1.88. The van der Waals surface area contributed by atoms with Gasteiger partial charge in [-0.3, -0.25) is 9.17 Å². The van der Waals surface area contributed by atoms with Crippen LogP contribution < -0.4 is 5.56 Å². The van der Waals surface area contributed by atoms with E-state index in [9.17, 15) is 4.79 Å². The van der Waals surface area contributed by atoms with Gasteiger partial charge in [0.15, 0.2) is 0 Å². The lowest BCUT2D eigenvalue weighted by atomic mass is 10.2. The predicted molar refractivity (Wildman–Crippen MR) is 47.2 cm³/mol. The van der Waals surface area contributed by atoms with Crippen molar-refractivity contribution < 1.29 is 0 Å². The number of hydrogen-bond donors (Lipinski definition) is 1. The predicted octanol–water partition coefficient (Wildman–Crippen LogP) is 1.90. The van der Waals surface area contributed by atoms with E-state index in [2.05, 4.69) is 4.37 Å². The van der Waals surface area contributed by atoms with E-state index in [1.807, 2.05) is 25.1 Å². The van der Waals surface area contributed by atoms with E-state index in [-0.39, 0.29) is 5.56 Å². The van der Waals surface area contributed by atoms with Gasteiger partial charge in [-0.05, 0) is 19.1 Å². The van der Waals surface area contributed by atoms with E-state index in [0.717, 1.165) is 15.6 Å². The van der Waals surface area contributed by atoms with Crippen molar-refractivity contribution in [2.24, 2.45) is 0 Å². The molecule has 0 fully saturated rings. The number of nitrogens with one attached hydrogen (secondary N) is 1. The summed E-state index contributed by atoms with van der Waals surface area (Å²) in [5.74, 6) is 0. The van der Waals surface area contributed by atoms with E-state index in [0.29, 0.717) is 0 Å². The first-order valence-corrected chi connectivity index (χ1v) is 4.17. The van der Waals surface area contributed by atoms with Crippen molar-refractivity contribution in [2.75, 3.05) is 0 Å². The van der Waals surface area contributed by atoms with Crippen LogP contribution in [0.1, 0.15) is 5.56 Å². The van der Waals surface area contributed by atoms with Crippen LogP contribution >= 0.6 is 11.5 Å². The Kier molecular flexibility index (Phi) is 1.32. The minimum absolute atomic E-state index is 0.0219. The summed E-state index contributed by atoms with van der Waals surface area (Å²) in [7, 11) is 0. The summed E-state index contributed by atoms with van der Waals surface area (Å²) in [6, 6.07) is 5.88. The highest BCUT2D eigenvalue weighted by atomic mass is 32.1. The number of rotatable bonds is 0. The molecule has 1 heterocycles. The minimum atomic E-state index is 0.0219. The van der Waals surface area contributed by atoms with Gasteiger partial charge in [0.25, 0.3) is 5.56 Å². The highest BCUT2D eigenvalue weighted by Gasteiger charge is 1.98. The maximum atomic E-state index is 11.1. The monoisotopic (exact) mass is 165 g/mol. The Balaban J connectivity index is 2.99. The largest absolute Gasteiger partial charge is 0.277 e. The Labute approximate surface area is 67.6 Å². The maximum Gasteiger partial charge on any atom is 0.265 e. The van der Waals surface area contributed by atoms with Gasteiger partial charge in [0, 0.05) is 0 Å². The van der Waals surface area contributed by atoms with Crippen LogP contribution in [-0.4, -0.2) is 4.37 Å². The molecular weight excluding hydrogens is 158 g/mol. The first-order chi connectivity index (χ1) is 5.27. The summed E-state index contributed by atoms with van der Waals surface area (Å²) in [4.78, 5) is 11.1. The lowest BCUT2D eigenvalue weighted by Crippen LogP contribution is -1.95. The molecule has 0 radical (unpaired) electrons. The topological polar surface area (TPSA) is 32.9 Å². The number of H-pyrrole nitrogens is 1. The van der Waals surface area contributed by atoms with E-state index in [1.54, 1.807) is 0 Å². The molecule has 0 atom stereocenters. The summed E-state index contributed by atoms with van der Waals surface area (Å²) < 4.78 is 3.72. The zero-order chi connectivity index (χ0) is 7.84. The van der Waals surface area contributed by atoms with Gasteiger partial charge < -0.3 is 0 Å². The third-order valence-corrected chi connectivity index (χ3v) is 2.50. The SMILES string of the molecule is Cc1ccc2s[nH]c(=O)c2c1. The summed E-state index contributed by atoms with van der Waals surface area (Å²) in [5, 5.41) is 0.801. The van der Waals surface area contributed by atoms with Crippen LogP contribution in [0.4, 0.5) is 0 Å². The first-order valence-electron chi connectivity index (χ1n) is 3.35. The second-order valence-electron chi connectivity index (χ2n) is 2.53. The van der Waals surface area contributed by atoms with Gasteiger partial charge in [-0.15, -0.1) is 0 Å². The number of hydrogen-bond acceptors (Lipinski definition) is 2. The van der Waals surface area contributed by atoms with E-state index < -0.39 is 0 Å². The molecule has 56 valence electrons. The van der Waals surface area contributed by atoms with Crippen molar-refractivity contribution in [3.63, 3.8) is 0 Å². The molecule has 0 aliphatic carbocycles. The number of aryl methyl sites for hydroxylation is 1. The normalized spacial score (nSPS) is 10.6. The van der Waals surface area contributed by atoms with Crippen LogP contribution in [0.3, 0.4) is 0 Å². The molecular formula is C8H7NOS. The van der Waals surface area contributed by atoms with Crippen molar-refractivity contribution in [3.8, 4) is 0 Å². The second kappa shape index (κ2) is 2.20. The van der Waals surface area contributed by atoms with Crippen LogP contribution in [-0.2, 0) is 0 Å². The van der Waals surface area contributed by atoms with Crippen molar-refractivity contribution >= 4 is 21.6 Å². The molecule has 1 N–H and O–H groups in total. The Morgan fingerprint density at radius 2 is 2.27 bits per heavy atom.